The van der Waals surface area contributed by atoms with Crippen LogP contribution in [-0.4, -0.2) is 23.7 Å². The standard InChI is InChI=1S/C24H20ClNO4/c25-15-11-9-14(10-12-15)22(26)21(23(27)28)24(29)30-13-20-18-7-3-1-5-16(18)17-6-2-4-8-19(17)20/h1-12,20-22H,13,26H2,(H,27,28)/t21-,22-/m0/s1. The minimum absolute atomic E-state index is 0.0456. The lowest BCUT2D eigenvalue weighted by atomic mass is 9.93. The summed E-state index contributed by atoms with van der Waals surface area (Å²) in [5.74, 6) is -3.85. The van der Waals surface area contributed by atoms with E-state index in [2.05, 4.69) is 0 Å². The Hall–Kier alpha value is -3.15. The molecule has 3 N–H and O–H groups in total. The van der Waals surface area contributed by atoms with Gasteiger partial charge in [-0.05, 0) is 39.9 Å². The number of carboxylic acids is 1. The maximum atomic E-state index is 12.7. The SMILES string of the molecule is N[C@@H](c1ccc(Cl)cc1)[C@@H](C(=O)O)C(=O)OCC1c2ccccc2-c2ccccc21. The van der Waals surface area contributed by atoms with Crippen molar-refractivity contribution in [2.24, 2.45) is 11.7 Å². The van der Waals surface area contributed by atoms with Crippen LogP contribution in [0.4, 0.5) is 0 Å². The Bertz CT molecular complexity index is 1050. The van der Waals surface area contributed by atoms with E-state index in [1.165, 1.54) is 0 Å². The Balaban J connectivity index is 1.54. The predicted molar refractivity (Wildman–Crippen MR) is 114 cm³/mol. The molecule has 1 aliphatic carbocycles. The fraction of sp³-hybridized carbons (Fsp3) is 0.167. The van der Waals surface area contributed by atoms with Crippen LogP contribution in [0, 0.1) is 5.92 Å². The first-order valence-corrected chi connectivity index (χ1v) is 9.94. The molecular formula is C24H20ClNO4. The van der Waals surface area contributed by atoms with Gasteiger partial charge in [0, 0.05) is 10.9 Å². The normalized spacial score (nSPS) is 14.5. The number of benzene rings is 3. The summed E-state index contributed by atoms with van der Waals surface area (Å²) in [4.78, 5) is 24.5. The molecule has 0 saturated heterocycles. The Kier molecular flexibility index (Phi) is 5.57. The summed E-state index contributed by atoms with van der Waals surface area (Å²) in [5, 5.41) is 10.1. The quantitative estimate of drug-likeness (QED) is 0.455. The molecule has 152 valence electrons. The minimum Gasteiger partial charge on any atom is -0.481 e. The van der Waals surface area contributed by atoms with Crippen LogP contribution in [0.5, 0.6) is 0 Å². The van der Waals surface area contributed by atoms with Crippen molar-refractivity contribution in [2.75, 3.05) is 6.61 Å². The first kappa shape index (κ1) is 20.1. The topological polar surface area (TPSA) is 89.6 Å². The fourth-order valence-corrected chi connectivity index (χ4v) is 4.10. The number of aliphatic carboxylic acids is 1. The van der Waals surface area contributed by atoms with E-state index in [0.717, 1.165) is 22.3 Å². The molecule has 2 atom stereocenters. The van der Waals surface area contributed by atoms with Crippen LogP contribution >= 0.6 is 11.6 Å². The summed E-state index contributed by atoms with van der Waals surface area (Å²) >= 11 is 5.88. The van der Waals surface area contributed by atoms with Crippen LogP contribution in [0.2, 0.25) is 5.02 Å². The average Bonchev–Trinajstić information content (AvgIpc) is 3.06. The van der Waals surface area contributed by atoms with Gasteiger partial charge in [0.05, 0.1) is 6.04 Å². The Morgan fingerprint density at radius 2 is 1.47 bits per heavy atom. The molecule has 3 aromatic carbocycles. The van der Waals surface area contributed by atoms with Crippen molar-refractivity contribution in [1.29, 1.82) is 0 Å². The fourth-order valence-electron chi connectivity index (χ4n) is 3.97. The molecule has 30 heavy (non-hydrogen) atoms. The number of hydrogen-bond acceptors (Lipinski definition) is 4. The monoisotopic (exact) mass is 421 g/mol. The van der Waals surface area contributed by atoms with Crippen LogP contribution in [-0.2, 0) is 14.3 Å². The molecule has 0 amide bonds. The number of hydrogen-bond donors (Lipinski definition) is 2. The van der Waals surface area contributed by atoms with E-state index < -0.39 is 23.9 Å². The van der Waals surface area contributed by atoms with Crippen molar-refractivity contribution in [3.05, 3.63) is 94.5 Å². The Labute approximate surface area is 179 Å². The van der Waals surface area contributed by atoms with Gasteiger partial charge < -0.3 is 15.6 Å². The third-order valence-electron chi connectivity index (χ3n) is 5.49. The Morgan fingerprint density at radius 3 is 2.00 bits per heavy atom. The number of fused-ring (bicyclic) bond motifs is 3. The lowest BCUT2D eigenvalue weighted by Crippen LogP contribution is -2.36. The molecule has 3 aromatic rings. The molecule has 0 radical (unpaired) electrons. The van der Waals surface area contributed by atoms with Gasteiger partial charge in [0.25, 0.3) is 0 Å². The summed E-state index contributed by atoms with van der Waals surface area (Å²) in [6, 6.07) is 21.3. The number of carbonyl (C=O) groups excluding carboxylic acids is 1. The van der Waals surface area contributed by atoms with Gasteiger partial charge in [-0.3, -0.25) is 9.59 Å². The van der Waals surface area contributed by atoms with Crippen LogP contribution < -0.4 is 5.73 Å². The second-order valence-corrected chi connectivity index (χ2v) is 7.69. The van der Waals surface area contributed by atoms with E-state index >= 15 is 0 Å². The highest BCUT2D eigenvalue weighted by molar-refractivity contribution is 6.30. The predicted octanol–water partition coefficient (Wildman–Crippen LogP) is 4.40. The van der Waals surface area contributed by atoms with Crippen molar-refractivity contribution >= 4 is 23.5 Å². The third-order valence-corrected chi connectivity index (χ3v) is 5.74. The highest BCUT2D eigenvalue weighted by atomic mass is 35.5. The molecular weight excluding hydrogens is 402 g/mol. The molecule has 4 rings (SSSR count). The van der Waals surface area contributed by atoms with Crippen molar-refractivity contribution in [2.45, 2.75) is 12.0 Å². The van der Waals surface area contributed by atoms with Crippen molar-refractivity contribution in [1.82, 2.24) is 0 Å². The summed E-state index contributed by atoms with van der Waals surface area (Å²) in [5.41, 5.74) is 10.9. The van der Waals surface area contributed by atoms with Gasteiger partial charge in [0.2, 0.25) is 0 Å². The molecule has 1 aliphatic rings. The van der Waals surface area contributed by atoms with Crippen LogP contribution in [0.25, 0.3) is 11.1 Å². The highest BCUT2D eigenvalue weighted by Gasteiger charge is 2.37. The number of halogens is 1. The minimum atomic E-state index is -1.52. The zero-order valence-corrected chi connectivity index (χ0v) is 16.8. The second kappa shape index (κ2) is 8.30. The van der Waals surface area contributed by atoms with Gasteiger partial charge in [-0.25, -0.2) is 0 Å². The highest BCUT2D eigenvalue weighted by Crippen LogP contribution is 2.44. The zero-order chi connectivity index (χ0) is 21.3. The maximum Gasteiger partial charge on any atom is 0.322 e. The van der Waals surface area contributed by atoms with Gasteiger partial charge in [0.15, 0.2) is 5.92 Å². The number of rotatable bonds is 6. The number of carbonyl (C=O) groups is 2. The molecule has 5 nitrogen and oxygen atoms in total. The molecule has 0 aliphatic heterocycles. The summed E-state index contributed by atoms with van der Waals surface area (Å²) in [6.45, 7) is 0.0456. The Morgan fingerprint density at radius 1 is 0.933 bits per heavy atom. The van der Waals surface area contributed by atoms with E-state index in [1.807, 2.05) is 48.5 Å². The third kappa shape index (κ3) is 3.70. The summed E-state index contributed by atoms with van der Waals surface area (Å²) < 4.78 is 5.50. The number of nitrogens with two attached hydrogens (primary N) is 1. The molecule has 6 heteroatoms. The molecule has 0 heterocycles. The first-order valence-electron chi connectivity index (χ1n) is 9.56. The average molecular weight is 422 g/mol. The van der Waals surface area contributed by atoms with E-state index in [0.29, 0.717) is 10.6 Å². The van der Waals surface area contributed by atoms with E-state index in [1.54, 1.807) is 24.3 Å². The molecule has 0 fully saturated rings. The van der Waals surface area contributed by atoms with Gasteiger partial charge in [-0.1, -0.05) is 72.3 Å². The lowest BCUT2D eigenvalue weighted by Gasteiger charge is -2.21. The summed E-state index contributed by atoms with van der Waals surface area (Å²) in [7, 11) is 0. The van der Waals surface area contributed by atoms with Crippen LogP contribution in [0.3, 0.4) is 0 Å². The van der Waals surface area contributed by atoms with E-state index in [-0.39, 0.29) is 12.5 Å². The van der Waals surface area contributed by atoms with Gasteiger partial charge in [0.1, 0.15) is 6.61 Å². The smallest absolute Gasteiger partial charge is 0.322 e. The van der Waals surface area contributed by atoms with Crippen molar-refractivity contribution in [3.63, 3.8) is 0 Å². The molecule has 0 bridgehead atoms. The molecule has 0 saturated carbocycles. The van der Waals surface area contributed by atoms with Crippen LogP contribution in [0.1, 0.15) is 28.7 Å². The van der Waals surface area contributed by atoms with Crippen molar-refractivity contribution in [3.8, 4) is 11.1 Å². The largest absolute Gasteiger partial charge is 0.481 e. The number of esters is 1. The maximum absolute atomic E-state index is 12.7. The molecule has 0 spiro atoms. The van der Waals surface area contributed by atoms with Crippen molar-refractivity contribution < 1.29 is 19.4 Å². The van der Waals surface area contributed by atoms with Gasteiger partial charge in [-0.15, -0.1) is 0 Å². The number of ether oxygens (including phenoxy) is 1. The number of carboxylic acid groups (broad SMARTS) is 1. The molecule has 0 unspecified atom stereocenters. The lowest BCUT2D eigenvalue weighted by molar-refractivity contribution is -0.160. The van der Waals surface area contributed by atoms with E-state index in [9.17, 15) is 14.7 Å². The van der Waals surface area contributed by atoms with Gasteiger partial charge >= 0.3 is 11.9 Å². The van der Waals surface area contributed by atoms with Crippen LogP contribution in [0.15, 0.2) is 72.8 Å². The first-order chi connectivity index (χ1) is 14.5. The molecule has 0 aromatic heterocycles. The second-order valence-electron chi connectivity index (χ2n) is 7.25. The van der Waals surface area contributed by atoms with Gasteiger partial charge in [-0.2, -0.15) is 0 Å². The zero-order valence-electron chi connectivity index (χ0n) is 16.0. The summed E-state index contributed by atoms with van der Waals surface area (Å²) in [6.07, 6.45) is 0. The van der Waals surface area contributed by atoms with E-state index in [4.69, 9.17) is 22.1 Å².